The van der Waals surface area contributed by atoms with Crippen LogP contribution in [-0.2, 0) is 32.0 Å². The molecule has 0 spiro atoms. The summed E-state index contributed by atoms with van der Waals surface area (Å²) < 4.78 is 18.1. The topological polar surface area (TPSA) is 138 Å². The summed E-state index contributed by atoms with van der Waals surface area (Å²) in [5, 5.41) is 15.2. The van der Waals surface area contributed by atoms with Crippen molar-refractivity contribution in [3.05, 3.63) is 120 Å². The Hall–Kier alpha value is -4.88. The van der Waals surface area contributed by atoms with Crippen LogP contribution < -0.4 is 15.5 Å². The van der Waals surface area contributed by atoms with Crippen molar-refractivity contribution in [2.24, 2.45) is 0 Å². The summed E-state index contributed by atoms with van der Waals surface area (Å²) in [4.78, 5) is 38.9. The molecule has 0 bridgehead atoms. The van der Waals surface area contributed by atoms with Gasteiger partial charge in [0, 0.05) is 69.2 Å². The number of amides is 2. The maximum absolute atomic E-state index is 13.1. The number of benzene rings is 3. The van der Waals surface area contributed by atoms with E-state index in [9.17, 15) is 14.7 Å². The number of aliphatic hydroxyl groups is 1. The molecule has 4 atom stereocenters. The van der Waals surface area contributed by atoms with Crippen LogP contribution in [0.1, 0.15) is 41.1 Å². The van der Waals surface area contributed by atoms with E-state index in [1.807, 2.05) is 78.9 Å². The highest BCUT2D eigenvalue weighted by atomic mass is 16.7. The molecule has 12 nitrogen and oxygen atoms in total. The van der Waals surface area contributed by atoms with Crippen LogP contribution in [0, 0.1) is 0 Å². The number of aliphatic hydroxyl groups excluding tert-OH is 1. The molecule has 12 heteroatoms. The average Bonchev–Trinajstić information content (AvgIpc) is 3.15. The van der Waals surface area contributed by atoms with E-state index in [4.69, 9.17) is 14.2 Å². The van der Waals surface area contributed by atoms with Crippen LogP contribution in [0.15, 0.2) is 97.3 Å². The van der Waals surface area contributed by atoms with Gasteiger partial charge in [0.15, 0.2) is 6.29 Å². The van der Waals surface area contributed by atoms with Gasteiger partial charge in [-0.25, -0.2) is 19.6 Å². The van der Waals surface area contributed by atoms with Crippen LogP contribution in [0.2, 0.25) is 0 Å². The highest BCUT2D eigenvalue weighted by Gasteiger charge is 2.34. The molecule has 2 saturated heterocycles. The molecule has 6 rings (SSSR count). The van der Waals surface area contributed by atoms with E-state index in [1.54, 1.807) is 18.5 Å². The molecule has 0 saturated carbocycles. The molecule has 4 unspecified atom stereocenters. The van der Waals surface area contributed by atoms with E-state index in [0.717, 1.165) is 60.9 Å². The van der Waals surface area contributed by atoms with Crippen LogP contribution in [0.3, 0.4) is 0 Å². The summed E-state index contributed by atoms with van der Waals surface area (Å²) in [6.07, 6.45) is 3.43. The number of anilines is 2. The number of piperazine rings is 1. The molecule has 3 N–H and O–H groups in total. The maximum Gasteiger partial charge on any atom is 0.328 e. The Morgan fingerprint density at radius 3 is 2.37 bits per heavy atom. The lowest BCUT2D eigenvalue weighted by atomic mass is 9.99. The van der Waals surface area contributed by atoms with E-state index in [1.165, 1.54) is 7.11 Å². The summed E-state index contributed by atoms with van der Waals surface area (Å²) in [7, 11) is 1.30. The summed E-state index contributed by atoms with van der Waals surface area (Å²) >= 11 is 0. The lowest BCUT2D eigenvalue weighted by Crippen LogP contribution is -2.50. The maximum atomic E-state index is 13.1. The predicted molar refractivity (Wildman–Crippen MR) is 184 cm³/mol. The minimum atomic E-state index is -0.860. The van der Waals surface area contributed by atoms with Gasteiger partial charge in [-0.2, -0.15) is 0 Å². The molecule has 0 aliphatic carbocycles. The molecule has 2 aliphatic rings. The first-order valence-electron chi connectivity index (χ1n) is 16.5. The number of rotatable bonds is 11. The Morgan fingerprint density at radius 1 is 0.898 bits per heavy atom. The monoisotopic (exact) mass is 666 g/mol. The minimum Gasteiger partial charge on any atom is -0.467 e. The van der Waals surface area contributed by atoms with E-state index >= 15 is 0 Å². The molecule has 1 aromatic heterocycles. The number of urea groups is 1. The number of ether oxygens (including phenoxy) is 3. The van der Waals surface area contributed by atoms with Crippen LogP contribution in [0.5, 0.6) is 0 Å². The summed E-state index contributed by atoms with van der Waals surface area (Å²) in [6.45, 7) is 4.04. The Balaban J connectivity index is 1.13. The highest BCUT2D eigenvalue weighted by Crippen LogP contribution is 2.38. The molecule has 3 heterocycles. The van der Waals surface area contributed by atoms with Crippen LogP contribution >= 0.6 is 0 Å². The van der Waals surface area contributed by atoms with Crippen molar-refractivity contribution in [3.63, 3.8) is 0 Å². The zero-order valence-corrected chi connectivity index (χ0v) is 27.5. The number of methoxy groups -OCH3 is 1. The van der Waals surface area contributed by atoms with Gasteiger partial charge in [0.2, 0.25) is 5.95 Å². The zero-order valence-electron chi connectivity index (χ0n) is 27.5. The van der Waals surface area contributed by atoms with Crippen molar-refractivity contribution in [1.29, 1.82) is 0 Å². The number of hydrogen-bond donors (Lipinski definition) is 3. The Labute approximate surface area is 286 Å². The summed E-state index contributed by atoms with van der Waals surface area (Å²) in [5.41, 5.74) is 4.01. The normalized spacial score (nSPS) is 20.3. The molecule has 3 aromatic carbocycles. The molecule has 2 amide bonds. The SMILES string of the molecule is COC(=O)C(Cc1ccccc1)NC(=O)Nc1cccc(C2OC(CN3CCN(c4ncccn4)CC3)CC(c3ccc(CO)cc3)O2)c1. The molecule has 4 aromatic rings. The average molecular weight is 667 g/mol. The molecular weight excluding hydrogens is 624 g/mol. The van der Waals surface area contributed by atoms with Gasteiger partial charge in [0.25, 0.3) is 0 Å². The standard InChI is InChI=1S/C37H42N6O6/c1-47-34(45)32(21-26-7-3-2-4-8-26)41-37(46)40-30-10-5-9-29(22-30)35-48-31(23-33(49-35)28-13-11-27(25-44)12-14-28)24-42-17-19-43(20-18-42)36-38-15-6-16-39-36/h2-16,22,31-33,35,44H,17-21,23-25H2,1H3,(H2,40,41,46). The van der Waals surface area contributed by atoms with Gasteiger partial charge < -0.3 is 34.9 Å². The highest BCUT2D eigenvalue weighted by molar-refractivity contribution is 5.92. The van der Waals surface area contributed by atoms with Gasteiger partial charge >= 0.3 is 12.0 Å². The second kappa shape index (κ2) is 16.5. The van der Waals surface area contributed by atoms with Crippen molar-refractivity contribution in [2.45, 2.75) is 44.0 Å². The first-order chi connectivity index (χ1) is 24.0. The molecule has 2 aliphatic heterocycles. The Morgan fingerprint density at radius 2 is 1.65 bits per heavy atom. The summed E-state index contributed by atoms with van der Waals surface area (Å²) in [6, 6.07) is 25.0. The Kier molecular flexibility index (Phi) is 11.4. The van der Waals surface area contributed by atoms with Gasteiger partial charge in [-0.1, -0.05) is 66.7 Å². The van der Waals surface area contributed by atoms with Crippen LogP contribution in [0.4, 0.5) is 16.4 Å². The third-order valence-electron chi connectivity index (χ3n) is 8.77. The van der Waals surface area contributed by atoms with Gasteiger partial charge in [-0.3, -0.25) is 4.90 Å². The van der Waals surface area contributed by atoms with Crippen molar-refractivity contribution in [2.75, 3.05) is 50.1 Å². The molecule has 0 radical (unpaired) electrons. The van der Waals surface area contributed by atoms with Crippen molar-refractivity contribution in [1.82, 2.24) is 20.2 Å². The van der Waals surface area contributed by atoms with Crippen LogP contribution in [0.25, 0.3) is 0 Å². The lowest BCUT2D eigenvalue weighted by molar-refractivity contribution is -0.253. The number of carbonyl (C=O) groups excluding carboxylic acids is 2. The fourth-order valence-corrected chi connectivity index (χ4v) is 6.18. The quantitative estimate of drug-likeness (QED) is 0.199. The van der Waals surface area contributed by atoms with Gasteiger partial charge in [0.1, 0.15) is 6.04 Å². The fraction of sp³-hybridized carbons (Fsp3) is 0.351. The zero-order chi connectivity index (χ0) is 34.0. The minimum absolute atomic E-state index is 0.0276. The van der Waals surface area contributed by atoms with Crippen molar-refractivity contribution < 1.29 is 28.9 Å². The number of nitrogens with one attached hydrogen (secondary N) is 2. The van der Waals surface area contributed by atoms with E-state index in [2.05, 4.69) is 30.4 Å². The van der Waals surface area contributed by atoms with E-state index in [0.29, 0.717) is 18.5 Å². The molecule has 2 fully saturated rings. The number of aromatic nitrogens is 2. The molecular formula is C37H42N6O6. The third-order valence-corrected chi connectivity index (χ3v) is 8.77. The smallest absolute Gasteiger partial charge is 0.328 e. The molecule has 256 valence electrons. The second-order valence-electron chi connectivity index (χ2n) is 12.2. The number of nitrogens with zero attached hydrogens (tertiary/aromatic N) is 4. The predicted octanol–water partition coefficient (Wildman–Crippen LogP) is 4.24. The van der Waals surface area contributed by atoms with Gasteiger partial charge in [-0.15, -0.1) is 0 Å². The number of carbonyl (C=O) groups is 2. The first-order valence-corrected chi connectivity index (χ1v) is 16.5. The van der Waals surface area contributed by atoms with Crippen LogP contribution in [-0.4, -0.2) is 84.0 Å². The fourth-order valence-electron chi connectivity index (χ4n) is 6.18. The third kappa shape index (κ3) is 9.18. The second-order valence-corrected chi connectivity index (χ2v) is 12.2. The van der Waals surface area contributed by atoms with Crippen molar-refractivity contribution in [3.8, 4) is 0 Å². The largest absolute Gasteiger partial charge is 0.467 e. The lowest BCUT2D eigenvalue weighted by Gasteiger charge is -2.40. The van der Waals surface area contributed by atoms with Gasteiger partial charge in [0.05, 0.1) is 25.9 Å². The first kappa shape index (κ1) is 34.0. The summed E-state index contributed by atoms with van der Waals surface area (Å²) in [5.74, 6) is 0.214. The van der Waals surface area contributed by atoms with Gasteiger partial charge in [-0.05, 0) is 34.9 Å². The Bertz CT molecular complexity index is 1650. The molecule has 49 heavy (non-hydrogen) atoms. The van der Waals surface area contributed by atoms with Crippen molar-refractivity contribution >= 4 is 23.6 Å². The van der Waals surface area contributed by atoms with E-state index < -0.39 is 24.3 Å². The number of hydrogen-bond acceptors (Lipinski definition) is 10. The number of esters is 1. The van der Waals surface area contributed by atoms with E-state index in [-0.39, 0.29) is 18.8 Å².